The zero-order valence-electron chi connectivity index (χ0n) is 17.3. The number of nitrogens with zero attached hydrogens (tertiary/aromatic N) is 4. The fourth-order valence-corrected chi connectivity index (χ4v) is 5.17. The van der Waals surface area contributed by atoms with Gasteiger partial charge in [0.05, 0.1) is 18.4 Å². The number of piperidine rings is 1. The van der Waals surface area contributed by atoms with Gasteiger partial charge in [0.15, 0.2) is 0 Å². The van der Waals surface area contributed by atoms with Crippen LogP contribution in [0.4, 0.5) is 0 Å². The topological polar surface area (TPSA) is 113 Å². The Kier molecular flexibility index (Phi) is 10.2. The second kappa shape index (κ2) is 12.6. The summed E-state index contributed by atoms with van der Waals surface area (Å²) < 4.78 is 32.6. The molecular formula is C20H30N4O5S. The lowest BCUT2D eigenvalue weighted by atomic mass is 9.99. The number of hydrogen-bond acceptors (Lipinski definition) is 7. The first kappa shape index (κ1) is 24.2. The summed E-state index contributed by atoms with van der Waals surface area (Å²) in [5, 5.41) is 10.3. The predicted molar refractivity (Wildman–Crippen MR) is 111 cm³/mol. The molecule has 30 heavy (non-hydrogen) atoms. The highest BCUT2D eigenvalue weighted by molar-refractivity contribution is 7.89. The molecule has 1 saturated heterocycles. The molecule has 10 heteroatoms. The van der Waals surface area contributed by atoms with E-state index in [0.717, 1.165) is 0 Å². The van der Waals surface area contributed by atoms with Crippen LogP contribution in [0.5, 0.6) is 0 Å². The van der Waals surface area contributed by atoms with Crippen molar-refractivity contribution in [3.8, 4) is 11.8 Å². The lowest BCUT2D eigenvalue weighted by Crippen LogP contribution is -2.46. The minimum absolute atomic E-state index is 0.252. The number of carbonyl (C=O) groups is 1. The molecule has 9 nitrogen and oxygen atoms in total. The van der Waals surface area contributed by atoms with E-state index in [1.807, 2.05) is 0 Å². The number of rotatable bonds is 12. The molecule has 0 saturated carbocycles. The standard InChI is InChI=1S/C20H30N4O5S/c1-2-3-14-29-15-18-8-12-23(13-9-18)30(27,28)16-19(24(26)17-25)6-4-7-20-21-10-5-11-22-20/h5,10-11,17-19,26H,4,6-9,12-16H2,1H3/t19-/m1/s1. The number of carbonyl (C=O) groups excluding carboxylic acids is 1. The normalized spacial score (nSPS) is 16.5. The SMILES string of the molecule is CC#CCOCC1CCN(S(=O)(=O)C[C@@H](CCCc2ncccn2)N(O)C=O)CC1. The van der Waals surface area contributed by atoms with Gasteiger partial charge in [-0.3, -0.25) is 10.0 Å². The highest BCUT2D eigenvalue weighted by atomic mass is 32.2. The Morgan fingerprint density at radius 3 is 2.70 bits per heavy atom. The minimum atomic E-state index is -3.61. The molecule has 1 aromatic heterocycles. The zero-order chi connectivity index (χ0) is 21.8. The van der Waals surface area contributed by atoms with E-state index in [9.17, 15) is 18.4 Å². The van der Waals surface area contributed by atoms with Crippen LogP contribution < -0.4 is 0 Å². The molecule has 1 aliphatic rings. The van der Waals surface area contributed by atoms with Gasteiger partial charge >= 0.3 is 0 Å². The lowest BCUT2D eigenvalue weighted by molar-refractivity contribution is -0.158. The van der Waals surface area contributed by atoms with Gasteiger partial charge in [-0.15, -0.1) is 5.92 Å². The number of ether oxygens (including phenoxy) is 1. The molecule has 166 valence electrons. The van der Waals surface area contributed by atoms with Crippen LogP contribution in [0.1, 0.15) is 38.4 Å². The molecule has 2 heterocycles. The van der Waals surface area contributed by atoms with Crippen molar-refractivity contribution in [2.24, 2.45) is 5.92 Å². The van der Waals surface area contributed by atoms with Crippen molar-refractivity contribution in [2.45, 2.75) is 45.1 Å². The van der Waals surface area contributed by atoms with Crippen molar-refractivity contribution in [3.63, 3.8) is 0 Å². The van der Waals surface area contributed by atoms with Crippen molar-refractivity contribution in [1.29, 1.82) is 0 Å². The van der Waals surface area contributed by atoms with Crippen LogP contribution in [0.15, 0.2) is 18.5 Å². The molecule has 2 rings (SSSR count). The minimum Gasteiger partial charge on any atom is -0.368 e. The van der Waals surface area contributed by atoms with Crippen LogP contribution in [-0.4, -0.2) is 77.5 Å². The summed E-state index contributed by atoms with van der Waals surface area (Å²) in [6.07, 6.45) is 6.38. The predicted octanol–water partition coefficient (Wildman–Crippen LogP) is 1.10. The molecule has 0 bridgehead atoms. The molecule has 0 unspecified atom stereocenters. The molecule has 0 aliphatic carbocycles. The smallest absolute Gasteiger partial charge is 0.233 e. The third kappa shape index (κ3) is 7.99. The van der Waals surface area contributed by atoms with Gasteiger partial charge in [0.25, 0.3) is 0 Å². The number of hydrogen-bond donors (Lipinski definition) is 1. The monoisotopic (exact) mass is 438 g/mol. The van der Waals surface area contributed by atoms with E-state index < -0.39 is 16.1 Å². The summed E-state index contributed by atoms with van der Waals surface area (Å²) >= 11 is 0. The van der Waals surface area contributed by atoms with Crippen LogP contribution in [-0.2, 0) is 26.0 Å². The van der Waals surface area contributed by atoms with E-state index in [-0.39, 0.29) is 12.2 Å². The van der Waals surface area contributed by atoms with Crippen molar-refractivity contribution in [1.82, 2.24) is 19.3 Å². The number of sulfonamides is 1. The molecule has 0 radical (unpaired) electrons. The van der Waals surface area contributed by atoms with Crippen molar-refractivity contribution >= 4 is 16.4 Å². The van der Waals surface area contributed by atoms with Gasteiger partial charge in [0.2, 0.25) is 16.4 Å². The van der Waals surface area contributed by atoms with E-state index >= 15 is 0 Å². The Balaban J connectivity index is 1.84. The summed E-state index contributed by atoms with van der Waals surface area (Å²) in [5.74, 6) is 6.25. The fourth-order valence-electron chi connectivity index (χ4n) is 3.38. The molecule has 1 aromatic rings. The number of amides is 1. The second-order valence-corrected chi connectivity index (χ2v) is 9.27. The lowest BCUT2D eigenvalue weighted by Gasteiger charge is -2.32. The van der Waals surface area contributed by atoms with E-state index in [1.54, 1.807) is 25.4 Å². The van der Waals surface area contributed by atoms with E-state index in [0.29, 0.717) is 75.2 Å². The summed E-state index contributed by atoms with van der Waals surface area (Å²) in [7, 11) is -3.61. The van der Waals surface area contributed by atoms with Gasteiger partial charge in [-0.2, -0.15) is 0 Å². The van der Waals surface area contributed by atoms with Gasteiger partial charge in [-0.05, 0) is 44.6 Å². The molecule has 1 fully saturated rings. The van der Waals surface area contributed by atoms with E-state index in [1.165, 1.54) is 4.31 Å². The molecular weight excluding hydrogens is 408 g/mol. The Bertz CT molecular complexity index is 801. The first-order valence-electron chi connectivity index (χ1n) is 10.1. The van der Waals surface area contributed by atoms with Crippen molar-refractivity contribution in [3.05, 3.63) is 24.3 Å². The first-order valence-corrected chi connectivity index (χ1v) is 11.7. The molecule has 0 aromatic carbocycles. The van der Waals surface area contributed by atoms with Gasteiger partial charge in [0, 0.05) is 31.9 Å². The molecule has 0 spiro atoms. The second-order valence-electron chi connectivity index (χ2n) is 7.26. The van der Waals surface area contributed by atoms with Gasteiger partial charge in [0.1, 0.15) is 12.4 Å². The Morgan fingerprint density at radius 1 is 1.37 bits per heavy atom. The average molecular weight is 439 g/mol. The van der Waals surface area contributed by atoms with Gasteiger partial charge in [-0.1, -0.05) is 5.92 Å². The maximum Gasteiger partial charge on any atom is 0.233 e. The van der Waals surface area contributed by atoms with E-state index in [2.05, 4.69) is 21.8 Å². The third-order valence-corrected chi connectivity index (χ3v) is 7.07. The molecule has 1 aliphatic heterocycles. The van der Waals surface area contributed by atoms with Crippen LogP contribution >= 0.6 is 0 Å². The Morgan fingerprint density at radius 2 is 2.07 bits per heavy atom. The van der Waals surface area contributed by atoms with Crippen LogP contribution in [0, 0.1) is 17.8 Å². The molecule has 1 atom stereocenters. The summed E-state index contributed by atoms with van der Waals surface area (Å²) in [6.45, 7) is 3.54. The maximum absolute atomic E-state index is 12.9. The number of aromatic nitrogens is 2. The van der Waals surface area contributed by atoms with Crippen LogP contribution in [0.25, 0.3) is 0 Å². The number of hydroxylamine groups is 2. The quantitative estimate of drug-likeness (QED) is 0.171. The Labute approximate surface area is 178 Å². The van der Waals surface area contributed by atoms with Crippen molar-refractivity contribution < 1.29 is 23.2 Å². The highest BCUT2D eigenvalue weighted by Gasteiger charge is 2.32. The number of aryl methyl sites for hydroxylation is 1. The van der Waals surface area contributed by atoms with Gasteiger partial charge < -0.3 is 4.74 Å². The van der Waals surface area contributed by atoms with E-state index in [4.69, 9.17) is 4.74 Å². The first-order chi connectivity index (χ1) is 14.5. The summed E-state index contributed by atoms with van der Waals surface area (Å²) in [6, 6.07) is 0.903. The Hall–Kier alpha value is -2.06. The largest absolute Gasteiger partial charge is 0.368 e. The third-order valence-electron chi connectivity index (χ3n) is 5.11. The zero-order valence-corrected chi connectivity index (χ0v) is 18.1. The van der Waals surface area contributed by atoms with Crippen molar-refractivity contribution in [2.75, 3.05) is 32.1 Å². The summed E-state index contributed by atoms with van der Waals surface area (Å²) in [5.41, 5.74) is 0. The maximum atomic E-state index is 12.9. The van der Waals surface area contributed by atoms with Gasteiger partial charge in [-0.25, -0.2) is 27.8 Å². The molecule has 1 N–H and O–H groups in total. The van der Waals surface area contributed by atoms with Crippen LogP contribution in [0.3, 0.4) is 0 Å². The summed E-state index contributed by atoms with van der Waals surface area (Å²) in [4.78, 5) is 19.3. The van der Waals surface area contributed by atoms with Crippen LogP contribution in [0.2, 0.25) is 0 Å². The molecule has 1 amide bonds. The highest BCUT2D eigenvalue weighted by Crippen LogP contribution is 2.21. The fraction of sp³-hybridized carbons (Fsp3) is 0.650. The average Bonchev–Trinajstić information content (AvgIpc) is 2.76.